The molecule has 0 spiro atoms. The molecule has 0 aliphatic heterocycles. The molecule has 0 radical (unpaired) electrons. The van der Waals surface area contributed by atoms with Crippen molar-refractivity contribution in [2.75, 3.05) is 38.0 Å². The molecular formula is C33H46I2N4. The molecule has 4 aromatic rings. The van der Waals surface area contributed by atoms with Gasteiger partial charge in [0.1, 0.15) is 13.1 Å². The number of para-hydroxylation sites is 2. The monoisotopic (exact) mass is 752 g/mol. The number of rotatable bonds is 12. The lowest BCUT2D eigenvalue weighted by Crippen LogP contribution is -3.00. The summed E-state index contributed by atoms with van der Waals surface area (Å²) in [6, 6.07) is 22.3. The Morgan fingerprint density at radius 1 is 0.513 bits per heavy atom. The van der Waals surface area contributed by atoms with E-state index in [2.05, 4.69) is 122 Å². The summed E-state index contributed by atoms with van der Waals surface area (Å²) in [5.41, 5.74) is 8.01. The molecule has 6 heteroatoms. The van der Waals surface area contributed by atoms with Gasteiger partial charge in [-0.1, -0.05) is 43.5 Å². The van der Waals surface area contributed by atoms with Crippen LogP contribution in [0.4, 0.5) is 11.4 Å². The summed E-state index contributed by atoms with van der Waals surface area (Å²) >= 11 is 0. The second-order valence-corrected chi connectivity index (χ2v) is 10.9. The molecule has 0 bridgehead atoms. The maximum absolute atomic E-state index is 2.51. The lowest BCUT2D eigenvalue weighted by molar-refractivity contribution is -0.678. The minimum absolute atomic E-state index is 0. The third-order valence-electron chi connectivity index (χ3n) is 7.71. The summed E-state index contributed by atoms with van der Waals surface area (Å²) in [6.45, 7) is 6.70. The summed E-state index contributed by atoms with van der Waals surface area (Å²) in [5.74, 6) is 0. The summed E-state index contributed by atoms with van der Waals surface area (Å²) in [5, 5.41) is 2.69. The zero-order valence-corrected chi connectivity index (χ0v) is 29.0. The molecule has 4 rings (SSSR count). The molecular weight excluding hydrogens is 706 g/mol. The highest BCUT2D eigenvalue weighted by Gasteiger charge is 2.18. The Balaban J connectivity index is 0.00000267. The highest BCUT2D eigenvalue weighted by Crippen LogP contribution is 2.25. The van der Waals surface area contributed by atoms with Gasteiger partial charge in [-0.05, 0) is 25.0 Å². The molecule has 212 valence electrons. The van der Waals surface area contributed by atoms with Crippen LogP contribution in [0.5, 0.6) is 0 Å². The van der Waals surface area contributed by atoms with Crippen LogP contribution < -0.4 is 66.9 Å². The van der Waals surface area contributed by atoms with Gasteiger partial charge < -0.3 is 57.8 Å². The van der Waals surface area contributed by atoms with Crippen molar-refractivity contribution in [1.29, 1.82) is 0 Å². The van der Waals surface area contributed by atoms with Crippen LogP contribution >= 0.6 is 0 Å². The van der Waals surface area contributed by atoms with Crippen LogP contribution in [0, 0.1) is 13.8 Å². The van der Waals surface area contributed by atoms with Crippen molar-refractivity contribution >= 4 is 33.2 Å². The third-order valence-corrected chi connectivity index (χ3v) is 7.71. The number of unbranched alkanes of at least 4 members (excludes halogenated alkanes) is 6. The van der Waals surface area contributed by atoms with Crippen LogP contribution in [-0.2, 0) is 13.1 Å². The van der Waals surface area contributed by atoms with E-state index in [0.29, 0.717) is 0 Å². The van der Waals surface area contributed by atoms with Crippen molar-refractivity contribution in [2.24, 2.45) is 0 Å². The molecule has 0 unspecified atom stereocenters. The summed E-state index contributed by atoms with van der Waals surface area (Å²) in [4.78, 5) is 4.45. The van der Waals surface area contributed by atoms with Gasteiger partial charge in [-0.15, -0.1) is 0 Å². The second-order valence-electron chi connectivity index (χ2n) is 10.9. The van der Waals surface area contributed by atoms with Crippen molar-refractivity contribution in [3.63, 3.8) is 0 Å². The van der Waals surface area contributed by atoms with Gasteiger partial charge in [-0.25, -0.2) is 0 Å². The van der Waals surface area contributed by atoms with Crippen molar-refractivity contribution in [1.82, 2.24) is 0 Å². The topological polar surface area (TPSA) is 14.2 Å². The number of pyridine rings is 2. The number of halogens is 2. The largest absolute Gasteiger partial charge is 1.00 e. The zero-order chi connectivity index (χ0) is 26.4. The molecule has 0 N–H and O–H groups in total. The zero-order valence-electron chi connectivity index (χ0n) is 24.7. The van der Waals surface area contributed by atoms with Gasteiger partial charge in [-0.3, -0.25) is 0 Å². The molecule has 0 saturated heterocycles. The second kappa shape index (κ2) is 15.9. The van der Waals surface area contributed by atoms with Gasteiger partial charge in [0.05, 0.1) is 22.1 Å². The Kier molecular flexibility index (Phi) is 13.7. The first-order valence-electron chi connectivity index (χ1n) is 14.1. The number of anilines is 2. The molecule has 2 aromatic carbocycles. The maximum Gasteiger partial charge on any atom is 0.214 e. The van der Waals surface area contributed by atoms with Crippen LogP contribution in [-0.4, -0.2) is 28.2 Å². The fraction of sp³-hybridized carbons (Fsp3) is 0.455. The normalized spacial score (nSPS) is 10.8. The molecule has 0 aliphatic rings. The predicted octanol–water partition coefficient (Wildman–Crippen LogP) is 0.756. The molecule has 39 heavy (non-hydrogen) atoms. The van der Waals surface area contributed by atoms with Gasteiger partial charge >= 0.3 is 0 Å². The molecule has 0 atom stereocenters. The SMILES string of the molecule is Cc1cc(N(C)C)c2ccccc2[n+]1CCCCCCCCC[n+]1c(C)cc(N(C)C)c2ccccc21.[I-].[I-]. The van der Waals surface area contributed by atoms with Crippen LogP contribution in [0.2, 0.25) is 0 Å². The Morgan fingerprint density at radius 3 is 1.21 bits per heavy atom. The van der Waals surface area contributed by atoms with Crippen LogP contribution in [0.15, 0.2) is 60.7 Å². The minimum Gasteiger partial charge on any atom is -1.00 e. The molecule has 2 aromatic heterocycles. The highest BCUT2D eigenvalue weighted by atomic mass is 127. The maximum atomic E-state index is 2.51. The van der Waals surface area contributed by atoms with E-state index >= 15 is 0 Å². The minimum atomic E-state index is 0. The van der Waals surface area contributed by atoms with Gasteiger partial charge in [-0.2, -0.15) is 9.13 Å². The summed E-state index contributed by atoms with van der Waals surface area (Å²) < 4.78 is 5.02. The first-order chi connectivity index (χ1) is 17.9. The van der Waals surface area contributed by atoms with E-state index in [9.17, 15) is 0 Å². The number of aryl methyl sites for hydroxylation is 4. The van der Waals surface area contributed by atoms with Crippen LogP contribution in [0.25, 0.3) is 21.8 Å². The van der Waals surface area contributed by atoms with E-state index in [0.717, 1.165) is 13.1 Å². The Bertz CT molecular complexity index is 1250. The number of fused-ring (bicyclic) bond motifs is 2. The van der Waals surface area contributed by atoms with Gasteiger partial charge in [0.15, 0.2) is 11.4 Å². The van der Waals surface area contributed by atoms with E-state index in [1.807, 2.05) is 0 Å². The molecule has 0 aliphatic carbocycles. The quantitative estimate of drug-likeness (QED) is 0.121. The Labute approximate surface area is 270 Å². The number of aromatic nitrogens is 2. The lowest BCUT2D eigenvalue weighted by atomic mass is 10.1. The Morgan fingerprint density at radius 2 is 0.846 bits per heavy atom. The first kappa shape index (κ1) is 33.5. The molecule has 2 heterocycles. The van der Waals surface area contributed by atoms with Crippen molar-refractivity contribution in [2.45, 2.75) is 71.9 Å². The van der Waals surface area contributed by atoms with E-state index in [-0.39, 0.29) is 48.0 Å². The van der Waals surface area contributed by atoms with E-state index in [4.69, 9.17) is 0 Å². The molecule has 0 fully saturated rings. The van der Waals surface area contributed by atoms with Crippen LogP contribution in [0.1, 0.15) is 56.3 Å². The average Bonchev–Trinajstić information content (AvgIpc) is 2.88. The van der Waals surface area contributed by atoms with Gasteiger partial charge in [0, 0.05) is 79.1 Å². The van der Waals surface area contributed by atoms with E-state index in [1.165, 1.54) is 89.5 Å². The van der Waals surface area contributed by atoms with Crippen molar-refractivity contribution in [3.8, 4) is 0 Å². The van der Waals surface area contributed by atoms with E-state index in [1.54, 1.807) is 0 Å². The standard InChI is InChI=1S/C33H46N4.2HI/c1-26-24-32(34(3)4)28-18-12-14-20-30(28)36(26)22-16-10-8-7-9-11-17-23-37-27(2)25-33(35(5)6)29-19-13-15-21-31(29)37;;/h12-15,18-21,24-25H,7-11,16-17,22-23H2,1-6H3;2*1H/q+2;;/p-2. The predicted molar refractivity (Wildman–Crippen MR) is 159 cm³/mol. The van der Waals surface area contributed by atoms with Crippen LogP contribution in [0.3, 0.4) is 0 Å². The lowest BCUT2D eigenvalue weighted by Gasteiger charge is -2.16. The molecule has 0 amide bonds. The Hall–Kier alpha value is -1.68. The summed E-state index contributed by atoms with van der Waals surface area (Å²) in [7, 11) is 8.53. The van der Waals surface area contributed by atoms with E-state index < -0.39 is 0 Å². The smallest absolute Gasteiger partial charge is 0.214 e. The first-order valence-corrected chi connectivity index (χ1v) is 14.1. The fourth-order valence-electron chi connectivity index (χ4n) is 5.70. The number of benzene rings is 2. The molecule has 4 nitrogen and oxygen atoms in total. The van der Waals surface area contributed by atoms with Crippen molar-refractivity contribution in [3.05, 3.63) is 72.1 Å². The highest BCUT2D eigenvalue weighted by molar-refractivity contribution is 5.90. The third kappa shape index (κ3) is 8.18. The van der Waals surface area contributed by atoms with Crippen molar-refractivity contribution < 1.29 is 57.1 Å². The van der Waals surface area contributed by atoms with Gasteiger partial charge in [0.2, 0.25) is 11.0 Å². The molecule has 0 saturated carbocycles. The number of nitrogens with zero attached hydrogens (tertiary/aromatic N) is 4. The number of hydrogen-bond donors (Lipinski definition) is 0. The average molecular weight is 753 g/mol. The van der Waals surface area contributed by atoms with Gasteiger partial charge in [0.25, 0.3) is 0 Å². The number of hydrogen-bond acceptors (Lipinski definition) is 2. The summed E-state index contributed by atoms with van der Waals surface area (Å²) in [6.07, 6.45) is 9.11. The fourth-order valence-corrected chi connectivity index (χ4v) is 5.70.